The Bertz CT molecular complexity index is 621. The molecule has 0 saturated carbocycles. The van der Waals surface area contributed by atoms with Crippen molar-refractivity contribution in [3.05, 3.63) is 53.6 Å². The first-order valence-electron chi connectivity index (χ1n) is 5.87. The van der Waals surface area contributed by atoms with E-state index < -0.39 is 23.6 Å². The van der Waals surface area contributed by atoms with Gasteiger partial charge in [0.15, 0.2) is 0 Å². The fourth-order valence-corrected chi connectivity index (χ4v) is 2.02. The lowest BCUT2D eigenvalue weighted by atomic mass is 9.93. The highest BCUT2D eigenvalue weighted by molar-refractivity contribution is 5.71. The van der Waals surface area contributed by atoms with E-state index in [1.807, 2.05) is 0 Å². The van der Waals surface area contributed by atoms with Gasteiger partial charge in [-0.3, -0.25) is 4.98 Å². The van der Waals surface area contributed by atoms with Crippen molar-refractivity contribution in [3.63, 3.8) is 0 Å². The summed E-state index contributed by atoms with van der Waals surface area (Å²) in [7, 11) is 0. The number of nitrogens with two attached hydrogens (primary N) is 1. The zero-order valence-corrected chi connectivity index (χ0v) is 10.6. The van der Waals surface area contributed by atoms with Crippen molar-refractivity contribution in [1.82, 2.24) is 4.98 Å². The quantitative estimate of drug-likeness (QED) is 0.849. The third-order valence-electron chi connectivity index (χ3n) is 2.92. The highest BCUT2D eigenvalue weighted by Gasteiger charge is 2.34. The van der Waals surface area contributed by atoms with Gasteiger partial charge in [0.25, 0.3) is 0 Å². The number of pyridine rings is 1. The van der Waals surface area contributed by atoms with Crippen molar-refractivity contribution < 1.29 is 17.6 Å². The van der Waals surface area contributed by atoms with Gasteiger partial charge >= 0.3 is 6.18 Å². The molecular weight excluding hydrogens is 272 g/mol. The monoisotopic (exact) mass is 284 g/mol. The molecule has 2 rings (SSSR count). The van der Waals surface area contributed by atoms with E-state index in [1.165, 1.54) is 12.1 Å². The first-order valence-corrected chi connectivity index (χ1v) is 5.87. The first-order chi connectivity index (χ1) is 9.30. The SMILES string of the molecule is CC(N)c1ccc(F)cc1-c1cnccc1C(F)(F)F. The molecule has 2 aromatic rings. The van der Waals surface area contributed by atoms with Crippen molar-refractivity contribution in [3.8, 4) is 11.1 Å². The van der Waals surface area contributed by atoms with Gasteiger partial charge in [-0.25, -0.2) is 4.39 Å². The van der Waals surface area contributed by atoms with Crippen LogP contribution in [0, 0.1) is 5.82 Å². The van der Waals surface area contributed by atoms with Crippen molar-refractivity contribution in [2.24, 2.45) is 5.73 Å². The van der Waals surface area contributed by atoms with Gasteiger partial charge in [-0.15, -0.1) is 0 Å². The van der Waals surface area contributed by atoms with Crippen LogP contribution in [-0.2, 0) is 6.18 Å². The van der Waals surface area contributed by atoms with Crippen LogP contribution >= 0.6 is 0 Å². The second-order valence-corrected chi connectivity index (χ2v) is 4.44. The molecule has 0 amide bonds. The van der Waals surface area contributed by atoms with Gasteiger partial charge in [-0.1, -0.05) is 6.07 Å². The van der Waals surface area contributed by atoms with Crippen LogP contribution in [0.25, 0.3) is 11.1 Å². The molecule has 0 aliphatic carbocycles. The summed E-state index contributed by atoms with van der Waals surface area (Å²) in [4.78, 5) is 3.70. The maximum atomic E-state index is 13.4. The van der Waals surface area contributed by atoms with Gasteiger partial charge in [0.1, 0.15) is 5.82 Å². The fraction of sp³-hybridized carbons (Fsp3) is 0.214. The smallest absolute Gasteiger partial charge is 0.324 e. The molecule has 0 aliphatic rings. The highest BCUT2D eigenvalue weighted by atomic mass is 19.4. The van der Waals surface area contributed by atoms with Crippen LogP contribution in [0.3, 0.4) is 0 Å². The molecule has 1 atom stereocenters. The molecule has 0 saturated heterocycles. The van der Waals surface area contributed by atoms with Crippen LogP contribution in [-0.4, -0.2) is 4.98 Å². The predicted molar refractivity (Wildman–Crippen MR) is 67.2 cm³/mol. The van der Waals surface area contributed by atoms with E-state index in [0.717, 1.165) is 24.5 Å². The van der Waals surface area contributed by atoms with Crippen LogP contribution in [0.15, 0.2) is 36.7 Å². The largest absolute Gasteiger partial charge is 0.417 e. The predicted octanol–water partition coefficient (Wildman–Crippen LogP) is 3.93. The van der Waals surface area contributed by atoms with Crippen LogP contribution in [0.1, 0.15) is 24.1 Å². The summed E-state index contributed by atoms with van der Waals surface area (Å²) in [5, 5.41) is 0. The highest BCUT2D eigenvalue weighted by Crippen LogP contribution is 2.38. The molecule has 1 aromatic carbocycles. The maximum absolute atomic E-state index is 13.4. The van der Waals surface area contributed by atoms with E-state index >= 15 is 0 Å². The van der Waals surface area contributed by atoms with Crippen LogP contribution in [0.5, 0.6) is 0 Å². The molecule has 106 valence electrons. The maximum Gasteiger partial charge on any atom is 0.417 e. The first kappa shape index (κ1) is 14.5. The molecule has 0 bridgehead atoms. The van der Waals surface area contributed by atoms with Crippen molar-refractivity contribution in [2.45, 2.75) is 19.1 Å². The number of hydrogen-bond donors (Lipinski definition) is 1. The van der Waals surface area contributed by atoms with E-state index in [-0.39, 0.29) is 11.1 Å². The van der Waals surface area contributed by atoms with Gasteiger partial charge < -0.3 is 5.73 Å². The molecule has 0 aliphatic heterocycles. The molecule has 0 radical (unpaired) electrons. The van der Waals surface area contributed by atoms with Crippen LogP contribution < -0.4 is 5.73 Å². The van der Waals surface area contributed by atoms with Gasteiger partial charge in [0.2, 0.25) is 0 Å². The van der Waals surface area contributed by atoms with Gasteiger partial charge in [0.05, 0.1) is 5.56 Å². The number of aromatic nitrogens is 1. The molecular formula is C14H12F4N2. The minimum atomic E-state index is -4.54. The normalized spacial score (nSPS) is 13.3. The van der Waals surface area contributed by atoms with Crippen LogP contribution in [0.4, 0.5) is 17.6 Å². The molecule has 6 heteroatoms. The Morgan fingerprint density at radius 3 is 2.45 bits per heavy atom. The number of benzene rings is 1. The Kier molecular flexibility index (Phi) is 3.76. The summed E-state index contributed by atoms with van der Waals surface area (Å²) in [6.45, 7) is 1.63. The summed E-state index contributed by atoms with van der Waals surface area (Å²) in [6, 6.07) is 3.96. The molecule has 0 spiro atoms. The number of alkyl halides is 3. The van der Waals surface area contributed by atoms with E-state index in [2.05, 4.69) is 4.98 Å². The molecule has 0 fully saturated rings. The Morgan fingerprint density at radius 2 is 1.85 bits per heavy atom. The van der Waals surface area contributed by atoms with E-state index in [0.29, 0.717) is 5.56 Å². The van der Waals surface area contributed by atoms with Gasteiger partial charge in [-0.2, -0.15) is 13.2 Å². The number of hydrogen-bond acceptors (Lipinski definition) is 2. The Balaban J connectivity index is 2.72. The average Bonchev–Trinajstić information content (AvgIpc) is 2.37. The standard InChI is InChI=1S/C14H12F4N2/c1-8(19)10-3-2-9(15)6-11(10)12-7-20-5-4-13(12)14(16,17)18/h2-8H,19H2,1H3. The zero-order chi connectivity index (χ0) is 14.9. The van der Waals surface area contributed by atoms with Crippen LogP contribution in [0.2, 0.25) is 0 Å². The minimum absolute atomic E-state index is 0.112. The van der Waals surface area contributed by atoms with Gasteiger partial charge in [0, 0.05) is 24.0 Å². The zero-order valence-electron chi connectivity index (χ0n) is 10.6. The summed E-state index contributed by atoms with van der Waals surface area (Å²) in [6.07, 6.45) is -2.42. The minimum Gasteiger partial charge on any atom is -0.324 e. The molecule has 1 unspecified atom stereocenters. The third-order valence-corrected chi connectivity index (χ3v) is 2.92. The molecule has 2 nitrogen and oxygen atoms in total. The van der Waals surface area contributed by atoms with Crippen molar-refractivity contribution in [1.29, 1.82) is 0 Å². The molecule has 1 aromatic heterocycles. The Morgan fingerprint density at radius 1 is 1.15 bits per heavy atom. The summed E-state index contributed by atoms with van der Waals surface area (Å²) in [5.74, 6) is -0.624. The number of halogens is 4. The Labute approximate surface area is 113 Å². The van der Waals surface area contributed by atoms with E-state index in [9.17, 15) is 17.6 Å². The second kappa shape index (κ2) is 5.20. The Hall–Kier alpha value is -1.95. The van der Waals surface area contributed by atoms with Gasteiger partial charge in [-0.05, 0) is 36.2 Å². The average molecular weight is 284 g/mol. The molecule has 20 heavy (non-hydrogen) atoms. The summed E-state index contributed by atoms with van der Waals surface area (Å²) in [5.41, 5.74) is 5.25. The molecule has 2 N–H and O–H groups in total. The fourth-order valence-electron chi connectivity index (χ4n) is 2.02. The van der Waals surface area contributed by atoms with E-state index in [4.69, 9.17) is 5.73 Å². The lowest BCUT2D eigenvalue weighted by molar-refractivity contribution is -0.137. The number of nitrogens with zero attached hydrogens (tertiary/aromatic N) is 1. The van der Waals surface area contributed by atoms with Crippen molar-refractivity contribution >= 4 is 0 Å². The summed E-state index contributed by atoms with van der Waals surface area (Å²) >= 11 is 0. The number of rotatable bonds is 2. The molecule has 1 heterocycles. The third kappa shape index (κ3) is 2.80. The summed E-state index contributed by atoms with van der Waals surface area (Å²) < 4.78 is 52.4. The topological polar surface area (TPSA) is 38.9 Å². The lowest BCUT2D eigenvalue weighted by Crippen LogP contribution is -2.11. The van der Waals surface area contributed by atoms with E-state index in [1.54, 1.807) is 6.92 Å². The van der Waals surface area contributed by atoms with Crippen molar-refractivity contribution in [2.75, 3.05) is 0 Å². The second-order valence-electron chi connectivity index (χ2n) is 4.44. The lowest BCUT2D eigenvalue weighted by Gasteiger charge is -2.17.